The van der Waals surface area contributed by atoms with Crippen LogP contribution < -0.4 is 4.90 Å². The van der Waals surface area contributed by atoms with Gasteiger partial charge in [0, 0.05) is 11.6 Å². The van der Waals surface area contributed by atoms with Crippen LogP contribution >= 0.6 is 0 Å². The van der Waals surface area contributed by atoms with Crippen LogP contribution in [0.1, 0.15) is 22.9 Å². The minimum absolute atomic E-state index is 0.0205. The van der Waals surface area contributed by atoms with Crippen LogP contribution in [0, 0.1) is 6.92 Å². The lowest BCUT2D eigenvalue weighted by molar-refractivity contribution is -0.132. The summed E-state index contributed by atoms with van der Waals surface area (Å²) in [6.45, 7) is 1.71. The summed E-state index contributed by atoms with van der Waals surface area (Å²) in [5.41, 5.74) is 1.17. The predicted molar refractivity (Wildman–Crippen MR) is 116 cm³/mol. The quantitative estimate of drug-likeness (QED) is 0.299. The van der Waals surface area contributed by atoms with Crippen molar-refractivity contribution in [3.8, 4) is 0 Å². The van der Waals surface area contributed by atoms with Gasteiger partial charge in [0.15, 0.2) is 5.82 Å². The number of hydrogen-bond acceptors (Lipinski definition) is 5. The Hall–Kier alpha value is -4.19. The Kier molecular flexibility index (Phi) is 4.40. The molecule has 6 heteroatoms. The predicted octanol–water partition coefficient (Wildman–Crippen LogP) is 4.76. The van der Waals surface area contributed by atoms with Crippen LogP contribution in [0.25, 0.3) is 16.5 Å². The number of aliphatic hydroxyl groups excluding tert-OH is 1. The number of aliphatic hydroxyl groups is 1. The first-order chi connectivity index (χ1) is 15.0. The lowest BCUT2D eigenvalue weighted by atomic mass is 9.94. The Labute approximate surface area is 178 Å². The second kappa shape index (κ2) is 7.25. The molecule has 0 saturated carbocycles. The third-order valence-electron chi connectivity index (χ3n) is 5.44. The number of carbonyl (C=O) groups is 2. The van der Waals surface area contributed by atoms with E-state index in [1.165, 1.54) is 4.90 Å². The molecule has 0 aliphatic carbocycles. The highest BCUT2D eigenvalue weighted by Gasteiger charge is 2.48. The van der Waals surface area contributed by atoms with Gasteiger partial charge in [-0.3, -0.25) is 14.5 Å². The summed E-state index contributed by atoms with van der Waals surface area (Å²) in [5, 5.41) is 17.1. The topological polar surface area (TPSA) is 83.6 Å². The molecule has 1 aromatic heterocycles. The number of anilines is 1. The first-order valence-electron chi connectivity index (χ1n) is 9.83. The third-order valence-corrected chi connectivity index (χ3v) is 5.44. The van der Waals surface area contributed by atoms with Gasteiger partial charge in [0.05, 0.1) is 11.6 Å². The third kappa shape index (κ3) is 3.09. The van der Waals surface area contributed by atoms with Crippen LogP contribution in [-0.4, -0.2) is 22.0 Å². The SMILES string of the molecule is Cc1cc(N2C(=O)C(=O)/C(=C(/O)c3ccc4ccccc4c3)[C@@H]2c2ccccc2)no1. The molecule has 31 heavy (non-hydrogen) atoms. The van der Waals surface area contributed by atoms with Gasteiger partial charge in [0.1, 0.15) is 11.5 Å². The van der Waals surface area contributed by atoms with E-state index in [2.05, 4.69) is 5.16 Å². The lowest BCUT2D eigenvalue weighted by Gasteiger charge is -2.22. The van der Waals surface area contributed by atoms with Gasteiger partial charge in [-0.15, -0.1) is 0 Å². The molecular weight excluding hydrogens is 392 g/mol. The van der Waals surface area contributed by atoms with E-state index in [0.29, 0.717) is 16.9 Å². The molecule has 0 radical (unpaired) electrons. The van der Waals surface area contributed by atoms with Crippen molar-refractivity contribution in [2.75, 3.05) is 4.90 Å². The van der Waals surface area contributed by atoms with Gasteiger partial charge < -0.3 is 9.63 Å². The molecule has 1 aliphatic heterocycles. The van der Waals surface area contributed by atoms with Crippen molar-refractivity contribution in [3.63, 3.8) is 0 Å². The molecule has 152 valence electrons. The highest BCUT2D eigenvalue weighted by atomic mass is 16.5. The molecule has 1 atom stereocenters. The van der Waals surface area contributed by atoms with Gasteiger partial charge in [0.2, 0.25) is 0 Å². The fourth-order valence-corrected chi connectivity index (χ4v) is 3.98. The fraction of sp³-hybridized carbons (Fsp3) is 0.0800. The number of benzene rings is 3. The Bertz CT molecular complexity index is 1350. The molecule has 0 spiro atoms. The Morgan fingerprint density at radius 3 is 2.35 bits per heavy atom. The maximum atomic E-state index is 13.1. The smallest absolute Gasteiger partial charge is 0.301 e. The Morgan fingerprint density at radius 1 is 0.935 bits per heavy atom. The van der Waals surface area contributed by atoms with E-state index < -0.39 is 17.7 Å². The van der Waals surface area contributed by atoms with Gasteiger partial charge in [-0.2, -0.15) is 0 Å². The van der Waals surface area contributed by atoms with Crippen LogP contribution in [-0.2, 0) is 9.59 Å². The van der Waals surface area contributed by atoms with Crippen molar-refractivity contribution in [1.82, 2.24) is 5.16 Å². The zero-order valence-corrected chi connectivity index (χ0v) is 16.6. The lowest BCUT2D eigenvalue weighted by Crippen LogP contribution is -2.29. The molecule has 1 amide bonds. The first-order valence-corrected chi connectivity index (χ1v) is 9.83. The fourth-order valence-electron chi connectivity index (χ4n) is 3.98. The van der Waals surface area contributed by atoms with E-state index in [-0.39, 0.29) is 17.2 Å². The second-order valence-corrected chi connectivity index (χ2v) is 7.44. The van der Waals surface area contributed by atoms with Gasteiger partial charge in [-0.25, -0.2) is 0 Å². The summed E-state index contributed by atoms with van der Waals surface area (Å²) in [7, 11) is 0. The van der Waals surface area contributed by atoms with Crippen molar-refractivity contribution in [2.45, 2.75) is 13.0 Å². The molecule has 1 aliphatic rings. The Balaban J connectivity index is 1.72. The standard InChI is InChI=1S/C25H18N2O4/c1-15-13-20(26-31-15)27-22(17-8-3-2-4-9-17)21(24(29)25(27)30)23(28)19-12-11-16-7-5-6-10-18(16)14-19/h2-14,22,28H,1H3/b23-21+/t22-/m0/s1. The summed E-state index contributed by atoms with van der Waals surface area (Å²) < 4.78 is 5.14. The van der Waals surface area contributed by atoms with Crippen molar-refractivity contribution < 1.29 is 19.2 Å². The minimum Gasteiger partial charge on any atom is -0.507 e. The number of ketones is 1. The molecular formula is C25H18N2O4. The average Bonchev–Trinajstić information content (AvgIpc) is 3.34. The van der Waals surface area contributed by atoms with Crippen molar-refractivity contribution >= 4 is 34.0 Å². The summed E-state index contributed by atoms with van der Waals surface area (Å²) in [4.78, 5) is 27.4. The normalized spacial score (nSPS) is 18.1. The number of aromatic nitrogens is 1. The maximum absolute atomic E-state index is 13.1. The molecule has 5 rings (SSSR count). The molecule has 1 N–H and O–H groups in total. The molecule has 1 saturated heterocycles. The van der Waals surface area contributed by atoms with Crippen LogP contribution in [0.3, 0.4) is 0 Å². The summed E-state index contributed by atoms with van der Waals surface area (Å²) in [5.74, 6) is -1.01. The van der Waals surface area contributed by atoms with Gasteiger partial charge in [-0.05, 0) is 29.3 Å². The number of hydrogen-bond donors (Lipinski definition) is 1. The van der Waals surface area contributed by atoms with E-state index in [1.807, 2.05) is 60.7 Å². The second-order valence-electron chi connectivity index (χ2n) is 7.44. The number of nitrogens with zero attached hydrogens (tertiary/aromatic N) is 2. The number of Topliss-reactive ketones (excluding diaryl/α,β-unsaturated/α-hetero) is 1. The van der Waals surface area contributed by atoms with Crippen molar-refractivity contribution in [3.05, 3.63) is 101 Å². The van der Waals surface area contributed by atoms with E-state index in [9.17, 15) is 14.7 Å². The zero-order chi connectivity index (χ0) is 21.5. The van der Waals surface area contributed by atoms with E-state index >= 15 is 0 Å². The first kappa shape index (κ1) is 18.8. The molecule has 0 unspecified atom stereocenters. The van der Waals surface area contributed by atoms with Crippen molar-refractivity contribution in [2.24, 2.45) is 0 Å². The number of fused-ring (bicyclic) bond motifs is 1. The number of carbonyl (C=O) groups excluding carboxylic acids is 2. The zero-order valence-electron chi connectivity index (χ0n) is 16.6. The number of rotatable bonds is 3. The largest absolute Gasteiger partial charge is 0.507 e. The monoisotopic (exact) mass is 410 g/mol. The minimum atomic E-state index is -0.822. The summed E-state index contributed by atoms with van der Waals surface area (Å²) in [6.07, 6.45) is 0. The highest BCUT2D eigenvalue weighted by molar-refractivity contribution is 6.51. The molecule has 4 aromatic rings. The molecule has 3 aromatic carbocycles. The number of aryl methyl sites for hydroxylation is 1. The van der Waals surface area contributed by atoms with Gasteiger partial charge >= 0.3 is 5.91 Å². The van der Waals surface area contributed by atoms with Crippen LogP contribution in [0.15, 0.2) is 89.0 Å². The van der Waals surface area contributed by atoms with E-state index in [4.69, 9.17) is 4.52 Å². The maximum Gasteiger partial charge on any atom is 0.301 e. The Morgan fingerprint density at radius 2 is 1.65 bits per heavy atom. The van der Waals surface area contributed by atoms with E-state index in [0.717, 1.165) is 10.8 Å². The van der Waals surface area contributed by atoms with Crippen LogP contribution in [0.4, 0.5) is 5.82 Å². The average molecular weight is 410 g/mol. The highest BCUT2D eigenvalue weighted by Crippen LogP contribution is 2.42. The number of amides is 1. The van der Waals surface area contributed by atoms with Gasteiger partial charge in [0.25, 0.3) is 5.78 Å². The molecule has 2 heterocycles. The summed E-state index contributed by atoms with van der Waals surface area (Å²) >= 11 is 0. The van der Waals surface area contributed by atoms with Crippen LogP contribution in [0.2, 0.25) is 0 Å². The van der Waals surface area contributed by atoms with Crippen LogP contribution in [0.5, 0.6) is 0 Å². The molecule has 0 bridgehead atoms. The molecule has 6 nitrogen and oxygen atoms in total. The molecule has 1 fully saturated rings. The summed E-state index contributed by atoms with van der Waals surface area (Å²) in [6, 6.07) is 23.0. The van der Waals surface area contributed by atoms with Gasteiger partial charge in [-0.1, -0.05) is 71.9 Å². The van der Waals surface area contributed by atoms with Crippen molar-refractivity contribution in [1.29, 1.82) is 0 Å². The van der Waals surface area contributed by atoms with E-state index in [1.54, 1.807) is 25.1 Å².